The average Bonchev–Trinajstić information content (AvgIpc) is 2.46. The summed E-state index contributed by atoms with van der Waals surface area (Å²) in [4.78, 5) is 0.150. The topological polar surface area (TPSA) is 55.4 Å². The first-order valence-electron chi connectivity index (χ1n) is 6.53. The van der Waals surface area contributed by atoms with Crippen LogP contribution < -0.4 is 9.46 Å². The van der Waals surface area contributed by atoms with Gasteiger partial charge in [-0.15, -0.1) is 0 Å². The second-order valence-electron chi connectivity index (χ2n) is 4.40. The molecule has 4 nitrogen and oxygen atoms in total. The molecule has 0 radical (unpaired) electrons. The third-order valence-electron chi connectivity index (χ3n) is 2.72. The van der Waals surface area contributed by atoms with Gasteiger partial charge >= 0.3 is 0 Å². The van der Waals surface area contributed by atoms with Crippen molar-refractivity contribution < 1.29 is 13.2 Å². The number of ether oxygens (including phenoxy) is 1. The van der Waals surface area contributed by atoms with E-state index < -0.39 is 10.0 Å². The van der Waals surface area contributed by atoms with Crippen LogP contribution in [-0.2, 0) is 10.0 Å². The van der Waals surface area contributed by atoms with E-state index in [1.54, 1.807) is 24.3 Å². The molecule has 0 saturated heterocycles. The maximum atomic E-state index is 12.3. The number of rotatable bonds is 6. The summed E-state index contributed by atoms with van der Waals surface area (Å²) < 4.78 is 32.7. The molecule has 0 fully saturated rings. The quantitative estimate of drug-likeness (QED) is 0.875. The van der Waals surface area contributed by atoms with Gasteiger partial charge in [0.1, 0.15) is 5.75 Å². The summed E-state index contributed by atoms with van der Waals surface area (Å²) in [5.41, 5.74) is 0.418. The molecule has 2 aromatic carbocycles. The highest BCUT2D eigenvalue weighted by Crippen LogP contribution is 2.27. The van der Waals surface area contributed by atoms with Gasteiger partial charge in [0, 0.05) is 5.02 Å². The largest absolute Gasteiger partial charge is 0.491 e. The predicted octanol–water partition coefficient (Wildman–Crippen LogP) is 3.93. The van der Waals surface area contributed by atoms with Crippen LogP contribution >= 0.6 is 11.6 Å². The van der Waals surface area contributed by atoms with E-state index >= 15 is 0 Å². The molecule has 0 bridgehead atoms. The second-order valence-corrected chi connectivity index (χ2v) is 6.52. The van der Waals surface area contributed by atoms with Crippen LogP contribution in [0.1, 0.15) is 13.3 Å². The van der Waals surface area contributed by atoms with Crippen LogP contribution in [0.25, 0.3) is 0 Å². The van der Waals surface area contributed by atoms with E-state index in [4.69, 9.17) is 16.3 Å². The maximum Gasteiger partial charge on any atom is 0.262 e. The molecule has 0 amide bonds. The minimum Gasteiger partial charge on any atom is -0.491 e. The van der Waals surface area contributed by atoms with Crippen molar-refractivity contribution in [2.24, 2.45) is 0 Å². The zero-order valence-electron chi connectivity index (χ0n) is 11.5. The highest BCUT2D eigenvalue weighted by Gasteiger charge is 2.16. The summed E-state index contributed by atoms with van der Waals surface area (Å²) in [5, 5.41) is 0.487. The number of nitrogens with one attached hydrogen (secondary N) is 1. The first-order valence-corrected chi connectivity index (χ1v) is 8.39. The first-order chi connectivity index (χ1) is 10.0. The lowest BCUT2D eigenvalue weighted by atomic mass is 10.3. The molecule has 6 heteroatoms. The van der Waals surface area contributed by atoms with Crippen molar-refractivity contribution in [1.82, 2.24) is 0 Å². The number of hydrogen-bond donors (Lipinski definition) is 1. The van der Waals surface area contributed by atoms with Crippen molar-refractivity contribution in [3.63, 3.8) is 0 Å². The van der Waals surface area contributed by atoms with Gasteiger partial charge < -0.3 is 4.74 Å². The normalized spacial score (nSPS) is 11.1. The van der Waals surface area contributed by atoms with E-state index in [1.165, 1.54) is 24.3 Å². The Bertz CT molecular complexity index is 699. The fourth-order valence-electron chi connectivity index (χ4n) is 1.71. The van der Waals surface area contributed by atoms with Crippen LogP contribution in [0, 0.1) is 0 Å². The molecule has 1 N–H and O–H groups in total. The fraction of sp³-hybridized carbons (Fsp3) is 0.200. The van der Waals surface area contributed by atoms with Gasteiger partial charge in [0.05, 0.1) is 17.2 Å². The van der Waals surface area contributed by atoms with Crippen LogP contribution in [0.3, 0.4) is 0 Å². The van der Waals surface area contributed by atoms with Gasteiger partial charge in [-0.05, 0) is 42.8 Å². The SMILES string of the molecule is CCCOc1ccccc1NS(=O)(=O)c1ccc(Cl)cc1. The third-order valence-corrected chi connectivity index (χ3v) is 4.35. The number of benzene rings is 2. The van der Waals surface area contributed by atoms with E-state index in [1.807, 2.05) is 6.92 Å². The van der Waals surface area contributed by atoms with Gasteiger partial charge in [0.2, 0.25) is 0 Å². The Balaban J connectivity index is 2.26. The van der Waals surface area contributed by atoms with Crippen LogP contribution in [0.4, 0.5) is 5.69 Å². The highest BCUT2D eigenvalue weighted by atomic mass is 35.5. The zero-order valence-corrected chi connectivity index (χ0v) is 13.1. The average molecular weight is 326 g/mol. The molecule has 0 aromatic heterocycles. The smallest absolute Gasteiger partial charge is 0.262 e. The molecule has 2 rings (SSSR count). The molecule has 0 heterocycles. The number of sulfonamides is 1. The first kappa shape index (κ1) is 15.7. The summed E-state index contributed by atoms with van der Waals surface area (Å²) >= 11 is 5.77. The Labute approximate surface area is 129 Å². The molecule has 0 spiro atoms. The van der Waals surface area contributed by atoms with Crippen LogP contribution in [0.5, 0.6) is 5.75 Å². The molecule has 0 saturated carbocycles. The molecular weight excluding hydrogens is 310 g/mol. The summed E-state index contributed by atoms with van der Waals surface area (Å²) in [6.07, 6.45) is 0.846. The predicted molar refractivity (Wildman–Crippen MR) is 84.5 cm³/mol. The van der Waals surface area contributed by atoms with Crippen molar-refractivity contribution in [3.8, 4) is 5.75 Å². The second kappa shape index (κ2) is 6.83. The van der Waals surface area contributed by atoms with E-state index in [-0.39, 0.29) is 4.90 Å². The van der Waals surface area contributed by atoms with Crippen molar-refractivity contribution in [1.29, 1.82) is 0 Å². The maximum absolute atomic E-state index is 12.3. The zero-order chi connectivity index (χ0) is 15.3. The summed E-state index contributed by atoms with van der Waals surface area (Å²) in [5.74, 6) is 0.511. The molecule has 21 heavy (non-hydrogen) atoms. The monoisotopic (exact) mass is 325 g/mol. The highest BCUT2D eigenvalue weighted by molar-refractivity contribution is 7.92. The minimum absolute atomic E-state index is 0.150. The van der Waals surface area contributed by atoms with Crippen LogP contribution in [0.15, 0.2) is 53.4 Å². The molecule has 0 unspecified atom stereocenters. The third kappa shape index (κ3) is 4.12. The lowest BCUT2D eigenvalue weighted by molar-refractivity contribution is 0.319. The van der Waals surface area contributed by atoms with Crippen LogP contribution in [0.2, 0.25) is 5.02 Å². The van der Waals surface area contributed by atoms with E-state index in [2.05, 4.69) is 4.72 Å². The molecule has 2 aromatic rings. The standard InChI is InChI=1S/C15H16ClNO3S/c1-2-11-20-15-6-4-3-5-14(15)17-21(18,19)13-9-7-12(16)8-10-13/h3-10,17H,2,11H2,1H3. The van der Waals surface area contributed by atoms with Crippen LogP contribution in [-0.4, -0.2) is 15.0 Å². The number of anilines is 1. The van der Waals surface area contributed by atoms with Crippen molar-refractivity contribution in [2.45, 2.75) is 18.2 Å². The Morgan fingerprint density at radius 3 is 2.43 bits per heavy atom. The van der Waals surface area contributed by atoms with Crippen molar-refractivity contribution in [2.75, 3.05) is 11.3 Å². The van der Waals surface area contributed by atoms with Gasteiger partial charge in [-0.3, -0.25) is 4.72 Å². The molecule has 0 atom stereocenters. The summed E-state index contributed by atoms with van der Waals surface area (Å²) in [7, 11) is -3.67. The van der Waals surface area contributed by atoms with E-state index in [9.17, 15) is 8.42 Å². The number of hydrogen-bond acceptors (Lipinski definition) is 3. The van der Waals surface area contributed by atoms with Crippen molar-refractivity contribution >= 4 is 27.3 Å². The fourth-order valence-corrected chi connectivity index (χ4v) is 2.90. The van der Waals surface area contributed by atoms with Crippen molar-refractivity contribution in [3.05, 3.63) is 53.6 Å². The Morgan fingerprint density at radius 2 is 1.76 bits per heavy atom. The number of para-hydroxylation sites is 2. The Morgan fingerprint density at radius 1 is 1.10 bits per heavy atom. The Kier molecular flexibility index (Phi) is 5.09. The van der Waals surface area contributed by atoms with Gasteiger partial charge in [-0.2, -0.15) is 0 Å². The molecular formula is C15H16ClNO3S. The molecule has 0 aliphatic rings. The summed E-state index contributed by atoms with van der Waals surface area (Å²) in [6, 6.07) is 12.9. The molecule has 112 valence electrons. The van der Waals surface area contributed by atoms with Gasteiger partial charge in [-0.1, -0.05) is 30.7 Å². The van der Waals surface area contributed by atoms with Gasteiger partial charge in [0.15, 0.2) is 0 Å². The van der Waals surface area contributed by atoms with Gasteiger partial charge in [0.25, 0.3) is 10.0 Å². The number of halogens is 1. The molecule has 0 aliphatic heterocycles. The lowest BCUT2D eigenvalue weighted by Gasteiger charge is -2.13. The molecule has 0 aliphatic carbocycles. The van der Waals surface area contributed by atoms with E-state index in [0.29, 0.717) is 23.1 Å². The lowest BCUT2D eigenvalue weighted by Crippen LogP contribution is -2.13. The van der Waals surface area contributed by atoms with E-state index in [0.717, 1.165) is 6.42 Å². The Hall–Kier alpha value is -1.72. The summed E-state index contributed by atoms with van der Waals surface area (Å²) in [6.45, 7) is 2.51. The van der Waals surface area contributed by atoms with Gasteiger partial charge in [-0.25, -0.2) is 8.42 Å². The minimum atomic E-state index is -3.67.